The van der Waals surface area contributed by atoms with Crippen molar-refractivity contribution in [2.24, 2.45) is 17.1 Å². The maximum absolute atomic E-state index is 12.1. The zero-order valence-corrected chi connectivity index (χ0v) is 15.3. The van der Waals surface area contributed by atoms with Crippen LogP contribution in [0.4, 0.5) is 0 Å². The number of carbonyl (C=O) groups excluding carboxylic acids is 1. The van der Waals surface area contributed by atoms with Crippen LogP contribution < -0.4 is 5.73 Å². The van der Waals surface area contributed by atoms with Crippen LogP contribution in [0.15, 0.2) is 47.7 Å². The zero-order chi connectivity index (χ0) is 17.5. The van der Waals surface area contributed by atoms with Crippen LogP contribution in [-0.2, 0) is 4.79 Å². The number of hydrogen-bond donors (Lipinski definition) is 1. The maximum atomic E-state index is 12.1. The van der Waals surface area contributed by atoms with Gasteiger partial charge in [0.25, 0.3) is 0 Å². The Balaban J connectivity index is 2.92. The van der Waals surface area contributed by atoms with Crippen LogP contribution in [0.3, 0.4) is 0 Å². The molecule has 1 aliphatic carbocycles. The van der Waals surface area contributed by atoms with Gasteiger partial charge in [0, 0.05) is 5.92 Å². The first-order chi connectivity index (χ1) is 10.9. The average molecular weight is 316 g/mol. The minimum absolute atomic E-state index is 0.234. The van der Waals surface area contributed by atoms with Crippen LogP contribution in [-0.4, -0.2) is 5.78 Å². The normalized spacial score (nSPS) is 17.8. The van der Waals surface area contributed by atoms with Crippen molar-refractivity contribution in [3.63, 3.8) is 0 Å². The van der Waals surface area contributed by atoms with Gasteiger partial charge in [-0.1, -0.05) is 37.6 Å². The Hall–Kier alpha value is -1.57. The quantitative estimate of drug-likeness (QED) is 0.543. The molecule has 1 rings (SSSR count). The molecule has 2 N–H and O–H groups in total. The third-order valence-electron chi connectivity index (χ3n) is 5.06. The van der Waals surface area contributed by atoms with E-state index in [0.29, 0.717) is 5.78 Å². The molecule has 0 amide bonds. The lowest BCUT2D eigenvalue weighted by atomic mass is 9.78. The predicted molar refractivity (Wildman–Crippen MR) is 100.0 cm³/mol. The van der Waals surface area contributed by atoms with Crippen molar-refractivity contribution >= 4 is 5.78 Å². The van der Waals surface area contributed by atoms with E-state index in [1.165, 1.54) is 29.6 Å². The Morgan fingerprint density at radius 2 is 1.96 bits per heavy atom. The minimum atomic E-state index is 0.234. The molecule has 0 aliphatic heterocycles. The molecule has 0 aromatic rings. The highest BCUT2D eigenvalue weighted by Gasteiger charge is 2.49. The molecule has 0 aromatic heterocycles. The molecule has 0 bridgehead atoms. The summed E-state index contributed by atoms with van der Waals surface area (Å²) in [5.41, 5.74) is 9.56. The number of rotatable bonds is 10. The third-order valence-corrected chi connectivity index (χ3v) is 5.06. The first-order valence-corrected chi connectivity index (χ1v) is 8.80. The van der Waals surface area contributed by atoms with Crippen LogP contribution in [0.25, 0.3) is 0 Å². The lowest BCUT2D eigenvalue weighted by molar-refractivity contribution is -0.123. The topological polar surface area (TPSA) is 43.1 Å². The molecule has 1 saturated carbocycles. The van der Waals surface area contributed by atoms with Gasteiger partial charge in [-0.2, -0.15) is 0 Å². The molecular formula is C21H33NO. The Morgan fingerprint density at radius 1 is 1.30 bits per heavy atom. The molecule has 0 heterocycles. The summed E-state index contributed by atoms with van der Waals surface area (Å²) in [4.78, 5) is 12.1. The Bertz CT molecular complexity index is 514. The van der Waals surface area contributed by atoms with E-state index >= 15 is 0 Å². The number of Topliss-reactive ketones (excluding diaryl/α,β-unsaturated/α-hetero) is 1. The second-order valence-corrected chi connectivity index (χ2v) is 7.01. The molecule has 23 heavy (non-hydrogen) atoms. The summed E-state index contributed by atoms with van der Waals surface area (Å²) >= 11 is 0. The smallest absolute Gasteiger partial charge is 0.133 e. The molecule has 2 heteroatoms. The SMILES string of the molecule is C=C/C=C(/CCC1([C@H](CCC)C(C)=O)CC1)C(/C=C\N)=C(C)C. The van der Waals surface area contributed by atoms with E-state index in [-0.39, 0.29) is 11.3 Å². The predicted octanol–water partition coefficient (Wildman–Crippen LogP) is 5.47. The van der Waals surface area contributed by atoms with Gasteiger partial charge in [-0.05, 0) is 81.7 Å². The fourth-order valence-electron chi connectivity index (χ4n) is 3.69. The first kappa shape index (κ1) is 19.5. The van der Waals surface area contributed by atoms with Gasteiger partial charge >= 0.3 is 0 Å². The second kappa shape index (κ2) is 8.90. The Morgan fingerprint density at radius 3 is 2.35 bits per heavy atom. The highest BCUT2D eigenvalue weighted by molar-refractivity contribution is 5.79. The van der Waals surface area contributed by atoms with Gasteiger partial charge in [-0.3, -0.25) is 4.79 Å². The van der Waals surface area contributed by atoms with Crippen molar-refractivity contribution in [2.45, 2.75) is 66.2 Å². The van der Waals surface area contributed by atoms with E-state index in [9.17, 15) is 4.79 Å². The Kier molecular flexibility index (Phi) is 7.54. The van der Waals surface area contributed by atoms with Gasteiger partial charge in [0.15, 0.2) is 0 Å². The van der Waals surface area contributed by atoms with Crippen molar-refractivity contribution in [2.75, 3.05) is 0 Å². The van der Waals surface area contributed by atoms with Crippen LogP contribution in [0.1, 0.15) is 66.2 Å². The molecule has 0 saturated heterocycles. The largest absolute Gasteiger partial charge is 0.405 e. The van der Waals surface area contributed by atoms with Gasteiger partial charge in [0.2, 0.25) is 0 Å². The summed E-state index contributed by atoms with van der Waals surface area (Å²) in [5, 5.41) is 0. The Labute approximate surface area is 142 Å². The van der Waals surface area contributed by atoms with Gasteiger partial charge in [0.05, 0.1) is 0 Å². The first-order valence-electron chi connectivity index (χ1n) is 8.80. The van der Waals surface area contributed by atoms with Gasteiger partial charge in [-0.15, -0.1) is 0 Å². The van der Waals surface area contributed by atoms with E-state index in [2.05, 4.69) is 33.4 Å². The molecular weight excluding hydrogens is 282 g/mol. The minimum Gasteiger partial charge on any atom is -0.405 e. The summed E-state index contributed by atoms with van der Waals surface area (Å²) in [5.74, 6) is 0.598. The van der Waals surface area contributed by atoms with E-state index in [1.807, 2.05) is 12.2 Å². The molecule has 2 nitrogen and oxygen atoms in total. The number of carbonyl (C=O) groups is 1. The lowest BCUT2D eigenvalue weighted by Gasteiger charge is -2.25. The standard InChI is InChI=1S/C21H33NO/c1-6-8-18(19(11-15-22)16(3)4)10-12-21(13-14-21)20(9-7-2)17(5)23/h6,8,11,15,20H,1,7,9-10,12-14,22H2,2-5H3/b15-11-,18-8-/t20-/m1/s1. The molecule has 0 radical (unpaired) electrons. The fraction of sp³-hybridized carbons (Fsp3) is 0.571. The van der Waals surface area contributed by atoms with E-state index < -0.39 is 0 Å². The average Bonchev–Trinajstić information content (AvgIpc) is 3.27. The molecule has 1 fully saturated rings. The summed E-state index contributed by atoms with van der Waals surface area (Å²) < 4.78 is 0. The second-order valence-electron chi connectivity index (χ2n) is 7.01. The van der Waals surface area contributed by atoms with E-state index in [4.69, 9.17) is 5.73 Å². The van der Waals surface area contributed by atoms with Crippen LogP contribution in [0.5, 0.6) is 0 Å². The van der Waals surface area contributed by atoms with Gasteiger partial charge < -0.3 is 5.73 Å². The maximum Gasteiger partial charge on any atom is 0.133 e. The number of ketones is 1. The number of hydrogen-bond acceptors (Lipinski definition) is 2. The molecule has 128 valence electrons. The third kappa shape index (κ3) is 5.23. The van der Waals surface area contributed by atoms with Crippen LogP contribution in [0.2, 0.25) is 0 Å². The highest BCUT2D eigenvalue weighted by Crippen LogP contribution is 2.57. The molecule has 1 aliphatic rings. The van der Waals surface area contributed by atoms with Gasteiger partial charge in [0.1, 0.15) is 5.78 Å². The van der Waals surface area contributed by atoms with Crippen molar-refractivity contribution in [1.29, 1.82) is 0 Å². The van der Waals surface area contributed by atoms with Crippen LogP contribution >= 0.6 is 0 Å². The number of nitrogens with two attached hydrogens (primary N) is 1. The summed E-state index contributed by atoms with van der Waals surface area (Å²) in [6.45, 7) is 12.0. The summed E-state index contributed by atoms with van der Waals surface area (Å²) in [7, 11) is 0. The zero-order valence-electron chi connectivity index (χ0n) is 15.3. The fourth-order valence-corrected chi connectivity index (χ4v) is 3.69. The monoisotopic (exact) mass is 315 g/mol. The van der Waals surface area contributed by atoms with Crippen LogP contribution in [0, 0.1) is 11.3 Å². The van der Waals surface area contributed by atoms with E-state index in [0.717, 1.165) is 25.7 Å². The number of allylic oxidation sites excluding steroid dienone is 6. The van der Waals surface area contributed by atoms with Crippen molar-refractivity contribution in [3.8, 4) is 0 Å². The van der Waals surface area contributed by atoms with Gasteiger partial charge in [-0.25, -0.2) is 0 Å². The summed E-state index contributed by atoms with van der Waals surface area (Å²) in [6, 6.07) is 0. The summed E-state index contributed by atoms with van der Waals surface area (Å²) in [6.07, 6.45) is 14.0. The van der Waals surface area contributed by atoms with Crippen molar-refractivity contribution < 1.29 is 4.79 Å². The molecule has 0 unspecified atom stereocenters. The van der Waals surface area contributed by atoms with E-state index in [1.54, 1.807) is 13.1 Å². The van der Waals surface area contributed by atoms with Crippen molar-refractivity contribution in [3.05, 3.63) is 47.7 Å². The lowest BCUT2D eigenvalue weighted by Crippen LogP contribution is -2.23. The molecule has 0 aromatic carbocycles. The van der Waals surface area contributed by atoms with Crippen molar-refractivity contribution in [1.82, 2.24) is 0 Å². The molecule has 0 spiro atoms. The molecule has 1 atom stereocenters. The highest BCUT2D eigenvalue weighted by atomic mass is 16.1.